The lowest BCUT2D eigenvalue weighted by Gasteiger charge is -2.27. The zero-order valence-corrected chi connectivity index (χ0v) is 21.8. The smallest absolute Gasteiger partial charge is 0.138 e. The van der Waals surface area contributed by atoms with Gasteiger partial charge in [-0.15, -0.1) is 11.6 Å². The molecule has 0 bridgehead atoms. The molecule has 0 amide bonds. The van der Waals surface area contributed by atoms with Gasteiger partial charge in [-0.1, -0.05) is 43.6 Å². The molecule has 2 aromatic rings. The topological polar surface area (TPSA) is 134 Å². The molecule has 0 aliphatic heterocycles. The lowest BCUT2D eigenvalue weighted by molar-refractivity contribution is 0.0779. The van der Waals surface area contributed by atoms with Crippen LogP contribution < -0.4 is 21.1 Å². The van der Waals surface area contributed by atoms with E-state index in [-0.39, 0.29) is 43.4 Å². The van der Waals surface area contributed by atoms with Crippen molar-refractivity contribution in [2.75, 3.05) is 32.2 Å². The minimum atomic E-state index is -0.856. The summed E-state index contributed by atoms with van der Waals surface area (Å²) < 4.78 is 11.2. The number of halogens is 2. The molecule has 2 rings (SSSR count). The zero-order valence-electron chi connectivity index (χ0n) is 20.2. The second-order valence-corrected chi connectivity index (χ2v) is 9.52. The van der Waals surface area contributed by atoms with Crippen molar-refractivity contribution in [1.29, 1.82) is 0 Å². The summed E-state index contributed by atoms with van der Waals surface area (Å²) >= 11 is 12.0. The highest BCUT2D eigenvalue weighted by Gasteiger charge is 2.24. The van der Waals surface area contributed by atoms with Crippen molar-refractivity contribution < 1.29 is 24.8 Å². The highest BCUT2D eigenvalue weighted by Crippen LogP contribution is 2.36. The number of nitrogens with zero attached hydrogens (tertiary/aromatic N) is 1. The molecular weight excluding hydrogens is 493 g/mol. The van der Waals surface area contributed by atoms with Gasteiger partial charge in [0.05, 0.1) is 29.8 Å². The molecule has 0 saturated heterocycles. The first-order chi connectivity index (χ1) is 16.5. The standard InChI is InChI=1S/C25H35Cl2N3O5/c1-16(23(28)13-31)30(29)12-20(33)15-34-21-7-4-17(5-8-21)25(2,3)18-6-9-24(22(27)10-18)35-14-19(32)11-26/h4-10,19-20,31-33H,11-15,28-29H2,1-3H3/b23-16-/t19-,20+/m1/s1. The van der Waals surface area contributed by atoms with E-state index in [4.69, 9.17) is 49.4 Å². The number of alkyl halides is 1. The van der Waals surface area contributed by atoms with Crippen LogP contribution in [-0.2, 0) is 5.41 Å². The summed E-state index contributed by atoms with van der Waals surface area (Å²) in [5, 5.41) is 30.6. The second-order valence-electron chi connectivity index (χ2n) is 8.80. The van der Waals surface area contributed by atoms with Gasteiger partial charge in [0.15, 0.2) is 0 Å². The summed E-state index contributed by atoms with van der Waals surface area (Å²) in [7, 11) is 0. The van der Waals surface area contributed by atoms with Crippen LogP contribution in [0.2, 0.25) is 5.02 Å². The molecule has 8 nitrogen and oxygen atoms in total. The van der Waals surface area contributed by atoms with E-state index in [1.165, 1.54) is 5.01 Å². The number of aliphatic hydroxyl groups is 3. The lowest BCUT2D eigenvalue weighted by atomic mass is 9.78. The van der Waals surface area contributed by atoms with Gasteiger partial charge >= 0.3 is 0 Å². The van der Waals surface area contributed by atoms with E-state index in [0.29, 0.717) is 22.2 Å². The number of aliphatic hydroxyl groups excluding tert-OH is 3. The number of ether oxygens (including phenoxy) is 2. The molecule has 0 unspecified atom stereocenters. The Hall–Kier alpha value is -2.20. The molecule has 0 saturated carbocycles. The quantitative estimate of drug-likeness (QED) is 0.152. The molecule has 10 heteroatoms. The van der Waals surface area contributed by atoms with Crippen LogP contribution in [0.5, 0.6) is 11.5 Å². The van der Waals surface area contributed by atoms with Gasteiger partial charge in [-0.3, -0.25) is 0 Å². The Morgan fingerprint density at radius 2 is 1.63 bits per heavy atom. The molecule has 2 aromatic carbocycles. The normalized spacial score (nSPS) is 14.2. The van der Waals surface area contributed by atoms with Crippen LogP contribution in [0.3, 0.4) is 0 Å². The van der Waals surface area contributed by atoms with E-state index < -0.39 is 12.2 Å². The highest BCUT2D eigenvalue weighted by atomic mass is 35.5. The third-order valence-corrected chi connectivity index (χ3v) is 6.41. The summed E-state index contributed by atoms with van der Waals surface area (Å²) in [4.78, 5) is 0. The predicted octanol–water partition coefficient (Wildman–Crippen LogP) is 2.74. The van der Waals surface area contributed by atoms with Crippen molar-refractivity contribution in [2.45, 2.75) is 38.4 Å². The molecule has 7 N–H and O–H groups in total. The lowest BCUT2D eigenvalue weighted by Crippen LogP contribution is -2.40. The summed E-state index contributed by atoms with van der Waals surface area (Å²) in [6, 6.07) is 13.2. The van der Waals surface area contributed by atoms with Crippen LogP contribution in [-0.4, -0.2) is 64.8 Å². The average Bonchev–Trinajstić information content (AvgIpc) is 2.85. The van der Waals surface area contributed by atoms with Gasteiger partial charge in [-0.05, 0) is 42.3 Å². The highest BCUT2D eigenvalue weighted by molar-refractivity contribution is 6.32. The zero-order chi connectivity index (χ0) is 26.2. The monoisotopic (exact) mass is 527 g/mol. The number of hydrogen-bond acceptors (Lipinski definition) is 8. The number of hydrogen-bond donors (Lipinski definition) is 5. The maximum atomic E-state index is 10.2. The molecule has 0 heterocycles. The van der Waals surface area contributed by atoms with Crippen molar-refractivity contribution >= 4 is 23.2 Å². The molecule has 0 spiro atoms. The predicted molar refractivity (Wildman–Crippen MR) is 139 cm³/mol. The molecule has 0 aliphatic rings. The molecule has 0 radical (unpaired) electrons. The third-order valence-electron chi connectivity index (χ3n) is 5.75. The van der Waals surface area contributed by atoms with Crippen molar-refractivity contribution in [2.24, 2.45) is 11.6 Å². The van der Waals surface area contributed by atoms with Gasteiger partial charge in [0, 0.05) is 11.1 Å². The first-order valence-corrected chi connectivity index (χ1v) is 12.1. The number of benzene rings is 2. The number of rotatable bonds is 13. The van der Waals surface area contributed by atoms with Crippen LogP contribution in [0.25, 0.3) is 0 Å². The Kier molecular flexibility index (Phi) is 11.0. The molecule has 0 fully saturated rings. The van der Waals surface area contributed by atoms with Crippen LogP contribution in [0.1, 0.15) is 31.9 Å². The molecule has 0 aromatic heterocycles. The van der Waals surface area contributed by atoms with Gasteiger partial charge in [0.2, 0.25) is 0 Å². The van der Waals surface area contributed by atoms with E-state index in [9.17, 15) is 10.2 Å². The Morgan fingerprint density at radius 1 is 1.03 bits per heavy atom. The van der Waals surface area contributed by atoms with E-state index in [1.54, 1.807) is 13.0 Å². The van der Waals surface area contributed by atoms with Crippen LogP contribution >= 0.6 is 23.2 Å². The third kappa shape index (κ3) is 8.17. The molecule has 0 aliphatic carbocycles. The number of allylic oxidation sites excluding steroid dienone is 1. The van der Waals surface area contributed by atoms with Crippen LogP contribution in [0.4, 0.5) is 0 Å². The molecule has 35 heavy (non-hydrogen) atoms. The van der Waals surface area contributed by atoms with Crippen LogP contribution in [0.15, 0.2) is 53.9 Å². The summed E-state index contributed by atoms with van der Waals surface area (Å²) in [5.41, 5.74) is 8.08. The second kappa shape index (κ2) is 13.2. The van der Waals surface area contributed by atoms with Gasteiger partial charge < -0.3 is 35.5 Å². The van der Waals surface area contributed by atoms with Gasteiger partial charge in [0.25, 0.3) is 0 Å². The maximum Gasteiger partial charge on any atom is 0.138 e. The fraction of sp³-hybridized carbons (Fsp3) is 0.440. The Morgan fingerprint density at radius 3 is 2.20 bits per heavy atom. The van der Waals surface area contributed by atoms with Crippen molar-refractivity contribution in [1.82, 2.24) is 5.01 Å². The minimum absolute atomic E-state index is 0.0399. The van der Waals surface area contributed by atoms with E-state index in [1.807, 2.05) is 36.4 Å². The Bertz CT molecular complexity index is 986. The van der Waals surface area contributed by atoms with Crippen molar-refractivity contribution in [3.05, 3.63) is 70.0 Å². The number of hydrazine groups is 1. The first-order valence-electron chi connectivity index (χ1n) is 11.2. The Balaban J connectivity index is 2.00. The minimum Gasteiger partial charge on any atom is -0.491 e. The van der Waals surface area contributed by atoms with E-state index in [0.717, 1.165) is 11.1 Å². The SMILES string of the molecule is C/C(=C(/N)CO)N(N)C[C@H](O)COc1ccc(C(C)(C)c2ccc(OC[C@H](O)CCl)c(Cl)c2)cc1. The van der Waals surface area contributed by atoms with Crippen LogP contribution in [0, 0.1) is 0 Å². The van der Waals surface area contributed by atoms with E-state index >= 15 is 0 Å². The van der Waals surface area contributed by atoms with Gasteiger partial charge in [0.1, 0.15) is 36.9 Å². The fourth-order valence-corrected chi connectivity index (χ4v) is 3.60. The van der Waals surface area contributed by atoms with Crippen molar-refractivity contribution in [3.63, 3.8) is 0 Å². The molecule has 194 valence electrons. The maximum absolute atomic E-state index is 10.2. The van der Waals surface area contributed by atoms with Gasteiger partial charge in [-0.2, -0.15) is 0 Å². The summed E-state index contributed by atoms with van der Waals surface area (Å²) in [6.45, 7) is 5.73. The van der Waals surface area contributed by atoms with E-state index in [2.05, 4.69) is 13.8 Å². The average molecular weight is 528 g/mol. The fourth-order valence-electron chi connectivity index (χ4n) is 3.28. The first kappa shape index (κ1) is 29.0. The van der Waals surface area contributed by atoms with Crippen molar-refractivity contribution in [3.8, 4) is 11.5 Å². The summed E-state index contributed by atoms with van der Waals surface area (Å²) in [6.07, 6.45) is -1.61. The summed E-state index contributed by atoms with van der Waals surface area (Å²) in [5.74, 6) is 7.06. The number of nitrogens with two attached hydrogens (primary N) is 2. The molecular formula is C25H35Cl2N3O5. The largest absolute Gasteiger partial charge is 0.491 e. The Labute approximate surface area is 216 Å². The molecule has 2 atom stereocenters. The van der Waals surface area contributed by atoms with Gasteiger partial charge in [-0.25, -0.2) is 5.84 Å².